The Kier molecular flexibility index (Phi) is 7.72. The van der Waals surface area contributed by atoms with Crippen molar-refractivity contribution in [2.24, 2.45) is 0 Å². The Hall–Kier alpha value is -3.78. The predicted molar refractivity (Wildman–Crippen MR) is 139 cm³/mol. The van der Waals surface area contributed by atoms with Crippen LogP contribution in [0.15, 0.2) is 78.0 Å². The van der Waals surface area contributed by atoms with Gasteiger partial charge in [0.15, 0.2) is 11.0 Å². The van der Waals surface area contributed by atoms with Gasteiger partial charge in [0, 0.05) is 11.4 Å². The number of hydrogen-bond donors (Lipinski definition) is 1. The molecule has 0 aliphatic heterocycles. The summed E-state index contributed by atoms with van der Waals surface area (Å²) in [5, 5.41) is 12.0. The third-order valence-corrected chi connectivity index (χ3v) is 6.61. The maximum Gasteiger partial charge on any atom is 0.237 e. The van der Waals surface area contributed by atoms with E-state index in [0.717, 1.165) is 22.7 Å². The van der Waals surface area contributed by atoms with Crippen molar-refractivity contribution < 1.29 is 14.3 Å². The number of benzene rings is 3. The number of aromatic nitrogens is 3. The highest BCUT2D eigenvalue weighted by molar-refractivity contribution is 8.00. The van der Waals surface area contributed by atoms with Gasteiger partial charge in [0.25, 0.3) is 0 Å². The molecular weight excluding hydrogens is 460 g/mol. The number of ether oxygens (including phenoxy) is 2. The van der Waals surface area contributed by atoms with Gasteiger partial charge in [0.2, 0.25) is 5.91 Å². The Morgan fingerprint density at radius 2 is 1.69 bits per heavy atom. The largest absolute Gasteiger partial charge is 0.497 e. The van der Waals surface area contributed by atoms with Gasteiger partial charge in [0.1, 0.15) is 18.1 Å². The van der Waals surface area contributed by atoms with Crippen molar-refractivity contribution in [1.82, 2.24) is 14.8 Å². The van der Waals surface area contributed by atoms with Crippen LogP contribution in [0.1, 0.15) is 23.9 Å². The summed E-state index contributed by atoms with van der Waals surface area (Å²) >= 11 is 1.35. The van der Waals surface area contributed by atoms with Crippen LogP contribution in [0.5, 0.6) is 11.5 Å². The first-order chi connectivity index (χ1) is 16.9. The van der Waals surface area contributed by atoms with E-state index in [9.17, 15) is 4.79 Å². The lowest BCUT2D eigenvalue weighted by Gasteiger charge is -2.15. The second-order valence-electron chi connectivity index (χ2n) is 8.08. The number of rotatable bonds is 9. The molecule has 0 aliphatic carbocycles. The molecule has 0 saturated carbocycles. The quantitative estimate of drug-likeness (QED) is 0.310. The number of aryl methyl sites for hydroxylation is 2. The van der Waals surface area contributed by atoms with Crippen LogP contribution in [-0.4, -0.2) is 33.0 Å². The second kappa shape index (κ2) is 11.1. The molecule has 0 bridgehead atoms. The van der Waals surface area contributed by atoms with Crippen molar-refractivity contribution in [3.63, 3.8) is 0 Å². The van der Waals surface area contributed by atoms with Crippen molar-refractivity contribution in [3.8, 4) is 17.2 Å². The lowest BCUT2D eigenvalue weighted by atomic mass is 10.1. The minimum absolute atomic E-state index is 0.100. The van der Waals surface area contributed by atoms with E-state index in [-0.39, 0.29) is 12.5 Å². The number of methoxy groups -OCH3 is 1. The van der Waals surface area contributed by atoms with Crippen molar-refractivity contribution in [1.29, 1.82) is 0 Å². The van der Waals surface area contributed by atoms with Gasteiger partial charge in [-0.05, 0) is 80.4 Å². The fourth-order valence-corrected chi connectivity index (χ4v) is 4.29. The van der Waals surface area contributed by atoms with Gasteiger partial charge in [-0.3, -0.25) is 9.36 Å². The Labute approximate surface area is 209 Å². The Morgan fingerprint density at radius 3 is 2.37 bits per heavy atom. The van der Waals surface area contributed by atoms with Crippen LogP contribution < -0.4 is 14.8 Å². The van der Waals surface area contributed by atoms with E-state index in [0.29, 0.717) is 16.7 Å². The number of anilines is 1. The van der Waals surface area contributed by atoms with E-state index < -0.39 is 5.25 Å². The van der Waals surface area contributed by atoms with Gasteiger partial charge in [-0.2, -0.15) is 0 Å². The van der Waals surface area contributed by atoms with Crippen LogP contribution >= 0.6 is 11.8 Å². The molecule has 7 nitrogen and oxygen atoms in total. The number of hydrogen-bond acceptors (Lipinski definition) is 6. The van der Waals surface area contributed by atoms with Crippen LogP contribution in [-0.2, 0) is 11.4 Å². The fourth-order valence-electron chi connectivity index (χ4n) is 3.40. The van der Waals surface area contributed by atoms with Crippen LogP contribution in [0, 0.1) is 13.8 Å². The van der Waals surface area contributed by atoms with Crippen LogP contribution in [0.25, 0.3) is 5.69 Å². The fraction of sp³-hybridized carbons (Fsp3) is 0.222. The molecule has 35 heavy (non-hydrogen) atoms. The molecule has 1 N–H and O–H groups in total. The average molecular weight is 489 g/mol. The first kappa shape index (κ1) is 24.3. The van der Waals surface area contributed by atoms with E-state index in [2.05, 4.69) is 15.5 Å². The van der Waals surface area contributed by atoms with Gasteiger partial charge in [-0.25, -0.2) is 0 Å². The Bertz CT molecular complexity index is 1290. The monoisotopic (exact) mass is 488 g/mol. The Balaban J connectivity index is 1.51. The molecule has 1 unspecified atom stereocenters. The van der Waals surface area contributed by atoms with Crippen molar-refractivity contribution in [2.75, 3.05) is 12.4 Å². The smallest absolute Gasteiger partial charge is 0.237 e. The number of thioether (sulfide) groups is 1. The topological polar surface area (TPSA) is 78.3 Å². The minimum atomic E-state index is -0.390. The molecule has 0 aliphatic rings. The standard InChI is InChI=1S/C27H28N4O3S/c1-18-10-11-21(16-19(18)2)28-26(32)20(3)35-27-30-29-25(31(27)22-8-6-5-7-9-22)17-34-24-14-12-23(33-4)13-15-24/h5-16,20H,17H2,1-4H3,(H,28,32). The molecule has 0 fully saturated rings. The van der Waals surface area contributed by atoms with Gasteiger partial charge in [0.05, 0.1) is 12.4 Å². The van der Waals surface area contributed by atoms with Crippen molar-refractivity contribution in [3.05, 3.63) is 89.7 Å². The molecule has 4 rings (SSSR count). The number of nitrogens with zero attached hydrogens (tertiary/aromatic N) is 3. The van der Waals surface area contributed by atoms with Gasteiger partial charge in [-0.1, -0.05) is 36.0 Å². The number of amides is 1. The molecule has 0 radical (unpaired) electrons. The second-order valence-corrected chi connectivity index (χ2v) is 9.39. The minimum Gasteiger partial charge on any atom is -0.497 e. The van der Waals surface area contributed by atoms with Crippen molar-refractivity contribution in [2.45, 2.75) is 37.8 Å². The number of carbonyl (C=O) groups is 1. The molecule has 3 aromatic carbocycles. The lowest BCUT2D eigenvalue weighted by Crippen LogP contribution is -2.23. The first-order valence-electron chi connectivity index (χ1n) is 11.3. The molecule has 8 heteroatoms. The van der Waals surface area contributed by atoms with E-state index in [1.54, 1.807) is 7.11 Å². The first-order valence-corrected chi connectivity index (χ1v) is 12.1. The van der Waals surface area contributed by atoms with E-state index in [1.807, 2.05) is 98.1 Å². The zero-order chi connectivity index (χ0) is 24.8. The summed E-state index contributed by atoms with van der Waals surface area (Å²) in [6.07, 6.45) is 0. The maximum absolute atomic E-state index is 12.9. The SMILES string of the molecule is COc1ccc(OCc2nnc(SC(C)C(=O)Nc3ccc(C)c(C)c3)n2-c2ccccc2)cc1. The van der Waals surface area contributed by atoms with Crippen LogP contribution in [0.4, 0.5) is 5.69 Å². The van der Waals surface area contributed by atoms with Crippen LogP contribution in [0.3, 0.4) is 0 Å². The molecule has 4 aromatic rings. The molecule has 1 heterocycles. The van der Waals surface area contributed by atoms with Crippen molar-refractivity contribution >= 4 is 23.4 Å². The summed E-state index contributed by atoms with van der Waals surface area (Å²) in [6.45, 7) is 6.16. The van der Waals surface area contributed by atoms with Crippen LogP contribution in [0.2, 0.25) is 0 Å². The summed E-state index contributed by atoms with van der Waals surface area (Å²) in [4.78, 5) is 12.9. The molecular formula is C27H28N4O3S. The maximum atomic E-state index is 12.9. The van der Waals surface area contributed by atoms with Gasteiger partial charge >= 0.3 is 0 Å². The summed E-state index contributed by atoms with van der Waals surface area (Å²) in [7, 11) is 1.63. The third-order valence-electron chi connectivity index (χ3n) is 5.57. The molecule has 0 saturated heterocycles. The lowest BCUT2D eigenvalue weighted by molar-refractivity contribution is -0.115. The number of carbonyl (C=O) groups excluding carboxylic acids is 1. The molecule has 180 valence electrons. The highest BCUT2D eigenvalue weighted by Crippen LogP contribution is 2.27. The molecule has 1 atom stereocenters. The highest BCUT2D eigenvalue weighted by atomic mass is 32.2. The summed E-state index contributed by atoms with van der Waals surface area (Å²) < 4.78 is 13.1. The number of nitrogens with one attached hydrogen (secondary N) is 1. The van der Waals surface area contributed by atoms with E-state index in [1.165, 1.54) is 17.3 Å². The normalized spacial score (nSPS) is 11.7. The summed E-state index contributed by atoms with van der Waals surface area (Å²) in [5.74, 6) is 1.99. The molecule has 1 aromatic heterocycles. The Morgan fingerprint density at radius 1 is 0.971 bits per heavy atom. The van der Waals surface area contributed by atoms with Gasteiger partial charge in [-0.15, -0.1) is 10.2 Å². The predicted octanol–water partition coefficient (Wildman–Crippen LogP) is 5.59. The summed E-state index contributed by atoms with van der Waals surface area (Å²) in [6, 6.07) is 23.1. The molecule has 1 amide bonds. The zero-order valence-corrected chi connectivity index (χ0v) is 21.0. The highest BCUT2D eigenvalue weighted by Gasteiger charge is 2.21. The van der Waals surface area contributed by atoms with Gasteiger partial charge < -0.3 is 14.8 Å². The number of para-hydroxylation sites is 1. The molecule has 0 spiro atoms. The van der Waals surface area contributed by atoms with E-state index >= 15 is 0 Å². The van der Waals surface area contributed by atoms with E-state index in [4.69, 9.17) is 9.47 Å². The third kappa shape index (κ3) is 6.02. The zero-order valence-electron chi connectivity index (χ0n) is 20.2. The average Bonchev–Trinajstić information content (AvgIpc) is 3.28. The summed E-state index contributed by atoms with van der Waals surface area (Å²) in [5.41, 5.74) is 4.00.